The summed E-state index contributed by atoms with van der Waals surface area (Å²) in [5, 5.41) is 3.65. The number of hydrogen-bond acceptors (Lipinski definition) is 3. The number of aryl methyl sites for hydroxylation is 1. The van der Waals surface area contributed by atoms with Crippen molar-refractivity contribution in [1.29, 1.82) is 0 Å². The Labute approximate surface area is 116 Å². The molecular weight excluding hydrogens is 236 g/mol. The number of benzene rings is 1. The van der Waals surface area contributed by atoms with E-state index >= 15 is 0 Å². The molecule has 2 atom stereocenters. The number of hydrogen-bond donors (Lipinski definition) is 2. The molecule has 1 aromatic carbocycles. The molecule has 0 aromatic heterocycles. The molecule has 3 N–H and O–H groups in total. The molecule has 1 aliphatic rings. The first-order chi connectivity index (χ1) is 9.04. The smallest absolute Gasteiger partial charge is 0.125 e. The number of anilines is 1. The first-order valence-electron chi connectivity index (χ1n) is 7.21. The minimum absolute atomic E-state index is 0.274. The molecule has 0 heterocycles. The number of ether oxygens (including phenoxy) is 1. The molecule has 0 spiro atoms. The van der Waals surface area contributed by atoms with Crippen LogP contribution < -0.4 is 15.8 Å². The van der Waals surface area contributed by atoms with Gasteiger partial charge in [0.15, 0.2) is 0 Å². The molecule has 106 valence electrons. The fraction of sp³-hybridized carbons (Fsp3) is 0.625. The number of nitrogens with one attached hydrogen (secondary N) is 1. The molecular formula is C16H26N2O. The van der Waals surface area contributed by atoms with E-state index in [2.05, 4.69) is 32.2 Å². The van der Waals surface area contributed by atoms with Crippen LogP contribution in [0.1, 0.15) is 42.4 Å². The van der Waals surface area contributed by atoms with Gasteiger partial charge in [-0.15, -0.1) is 0 Å². The van der Waals surface area contributed by atoms with Gasteiger partial charge in [0.05, 0.1) is 7.11 Å². The van der Waals surface area contributed by atoms with Crippen molar-refractivity contribution in [2.45, 2.75) is 58.5 Å². The first-order valence-corrected chi connectivity index (χ1v) is 7.21. The molecule has 2 rings (SSSR count). The van der Waals surface area contributed by atoms with E-state index in [9.17, 15) is 0 Å². The van der Waals surface area contributed by atoms with Crippen LogP contribution in [-0.2, 0) is 0 Å². The highest BCUT2D eigenvalue weighted by atomic mass is 16.5. The van der Waals surface area contributed by atoms with E-state index in [0.29, 0.717) is 6.04 Å². The molecule has 3 nitrogen and oxygen atoms in total. The molecule has 0 bridgehead atoms. The van der Waals surface area contributed by atoms with Crippen LogP contribution in [0.2, 0.25) is 0 Å². The molecule has 1 saturated carbocycles. The summed E-state index contributed by atoms with van der Waals surface area (Å²) >= 11 is 0. The van der Waals surface area contributed by atoms with E-state index < -0.39 is 0 Å². The van der Waals surface area contributed by atoms with Gasteiger partial charge in [-0.05, 0) is 56.4 Å². The second-order valence-electron chi connectivity index (χ2n) is 5.72. The quantitative estimate of drug-likeness (QED) is 0.878. The molecule has 0 amide bonds. The zero-order chi connectivity index (χ0) is 14.0. The Balaban J connectivity index is 2.25. The lowest BCUT2D eigenvalue weighted by atomic mass is 9.90. The van der Waals surface area contributed by atoms with Crippen LogP contribution in [0.15, 0.2) is 6.07 Å². The largest absolute Gasteiger partial charge is 0.496 e. The predicted molar refractivity (Wildman–Crippen MR) is 81.1 cm³/mol. The van der Waals surface area contributed by atoms with E-state index in [4.69, 9.17) is 10.5 Å². The summed E-state index contributed by atoms with van der Waals surface area (Å²) in [4.78, 5) is 0. The minimum atomic E-state index is 0.274. The maximum absolute atomic E-state index is 6.22. The third-order valence-corrected chi connectivity index (χ3v) is 4.39. The maximum atomic E-state index is 6.22. The van der Waals surface area contributed by atoms with Gasteiger partial charge in [0.25, 0.3) is 0 Å². The summed E-state index contributed by atoms with van der Waals surface area (Å²) in [6.45, 7) is 6.36. The standard InChI is InChI=1S/C16H26N2O/c1-10-9-15(11(2)12(3)16(10)19-4)18-14-8-6-5-7-13(14)17/h9,13-14,18H,5-8,17H2,1-4H3. The zero-order valence-electron chi connectivity index (χ0n) is 12.5. The van der Waals surface area contributed by atoms with Gasteiger partial charge < -0.3 is 15.8 Å². The van der Waals surface area contributed by atoms with Crippen molar-refractivity contribution in [2.75, 3.05) is 12.4 Å². The Morgan fingerprint density at radius 2 is 1.84 bits per heavy atom. The zero-order valence-corrected chi connectivity index (χ0v) is 12.5. The van der Waals surface area contributed by atoms with Crippen LogP contribution in [0.3, 0.4) is 0 Å². The Morgan fingerprint density at radius 3 is 2.47 bits per heavy atom. The first kappa shape index (κ1) is 14.2. The fourth-order valence-electron chi connectivity index (χ4n) is 3.06. The van der Waals surface area contributed by atoms with Crippen molar-refractivity contribution in [1.82, 2.24) is 0 Å². The highest BCUT2D eigenvalue weighted by molar-refractivity contribution is 5.62. The molecule has 0 radical (unpaired) electrons. The SMILES string of the molecule is COc1c(C)cc(NC2CCCCC2N)c(C)c1C. The highest BCUT2D eigenvalue weighted by Crippen LogP contribution is 2.32. The summed E-state index contributed by atoms with van der Waals surface area (Å²) in [5.74, 6) is 0.996. The van der Waals surface area contributed by atoms with E-state index in [0.717, 1.165) is 12.2 Å². The maximum Gasteiger partial charge on any atom is 0.125 e. The van der Waals surface area contributed by atoms with Crippen LogP contribution in [-0.4, -0.2) is 19.2 Å². The third-order valence-electron chi connectivity index (χ3n) is 4.39. The van der Waals surface area contributed by atoms with Crippen molar-refractivity contribution >= 4 is 5.69 Å². The highest BCUT2D eigenvalue weighted by Gasteiger charge is 2.22. The Bertz CT molecular complexity index is 457. The lowest BCUT2D eigenvalue weighted by Gasteiger charge is -2.31. The molecule has 1 fully saturated rings. The van der Waals surface area contributed by atoms with E-state index in [-0.39, 0.29) is 6.04 Å². The Morgan fingerprint density at radius 1 is 1.16 bits per heavy atom. The van der Waals surface area contributed by atoms with Crippen LogP contribution >= 0.6 is 0 Å². The van der Waals surface area contributed by atoms with Gasteiger partial charge in [0.2, 0.25) is 0 Å². The van der Waals surface area contributed by atoms with E-state index in [1.165, 1.54) is 41.6 Å². The number of nitrogens with two attached hydrogens (primary N) is 1. The van der Waals surface area contributed by atoms with Gasteiger partial charge in [0.1, 0.15) is 5.75 Å². The van der Waals surface area contributed by atoms with E-state index in [1.54, 1.807) is 7.11 Å². The molecule has 1 aromatic rings. The van der Waals surface area contributed by atoms with Crippen LogP contribution in [0.4, 0.5) is 5.69 Å². The average molecular weight is 262 g/mol. The molecule has 0 aliphatic heterocycles. The number of rotatable bonds is 3. The van der Waals surface area contributed by atoms with Crippen molar-refractivity contribution in [3.05, 3.63) is 22.8 Å². The Hall–Kier alpha value is -1.22. The number of methoxy groups -OCH3 is 1. The average Bonchev–Trinajstić information content (AvgIpc) is 2.39. The lowest BCUT2D eigenvalue weighted by Crippen LogP contribution is -2.42. The molecule has 3 heteroatoms. The van der Waals surface area contributed by atoms with Crippen LogP contribution in [0, 0.1) is 20.8 Å². The second kappa shape index (κ2) is 5.83. The molecule has 0 saturated heterocycles. The van der Waals surface area contributed by atoms with Gasteiger partial charge in [-0.2, -0.15) is 0 Å². The van der Waals surface area contributed by atoms with Crippen molar-refractivity contribution < 1.29 is 4.74 Å². The minimum Gasteiger partial charge on any atom is -0.496 e. The summed E-state index contributed by atoms with van der Waals surface area (Å²) in [5.41, 5.74) is 11.1. The summed E-state index contributed by atoms with van der Waals surface area (Å²) in [6.07, 6.45) is 4.84. The van der Waals surface area contributed by atoms with Gasteiger partial charge in [-0.25, -0.2) is 0 Å². The second-order valence-corrected chi connectivity index (χ2v) is 5.72. The molecule has 19 heavy (non-hydrogen) atoms. The monoisotopic (exact) mass is 262 g/mol. The van der Waals surface area contributed by atoms with Crippen molar-refractivity contribution in [3.8, 4) is 5.75 Å². The summed E-state index contributed by atoms with van der Waals surface area (Å²) in [7, 11) is 1.74. The van der Waals surface area contributed by atoms with Gasteiger partial charge in [-0.3, -0.25) is 0 Å². The van der Waals surface area contributed by atoms with Crippen molar-refractivity contribution in [2.24, 2.45) is 5.73 Å². The summed E-state index contributed by atoms with van der Waals surface area (Å²) in [6, 6.07) is 2.86. The van der Waals surface area contributed by atoms with E-state index in [1.807, 2.05) is 0 Å². The third kappa shape index (κ3) is 2.86. The molecule has 2 unspecified atom stereocenters. The lowest BCUT2D eigenvalue weighted by molar-refractivity contribution is 0.402. The normalized spacial score (nSPS) is 23.2. The van der Waals surface area contributed by atoms with Gasteiger partial charge in [0, 0.05) is 17.8 Å². The topological polar surface area (TPSA) is 47.3 Å². The van der Waals surface area contributed by atoms with Crippen molar-refractivity contribution in [3.63, 3.8) is 0 Å². The van der Waals surface area contributed by atoms with Crippen LogP contribution in [0.5, 0.6) is 5.75 Å². The van der Waals surface area contributed by atoms with Gasteiger partial charge >= 0.3 is 0 Å². The molecule has 1 aliphatic carbocycles. The predicted octanol–water partition coefficient (Wildman–Crippen LogP) is 3.30. The Kier molecular flexibility index (Phi) is 4.35. The van der Waals surface area contributed by atoms with Gasteiger partial charge in [-0.1, -0.05) is 12.8 Å². The fourth-order valence-corrected chi connectivity index (χ4v) is 3.06. The summed E-state index contributed by atoms with van der Waals surface area (Å²) < 4.78 is 5.47. The van der Waals surface area contributed by atoms with Crippen LogP contribution in [0.25, 0.3) is 0 Å².